The zero-order chi connectivity index (χ0) is 20.9. The predicted octanol–water partition coefficient (Wildman–Crippen LogP) is 3.78. The number of nitrogens with zero attached hydrogens (tertiary/aromatic N) is 3. The smallest absolute Gasteiger partial charge is 0.252 e. The van der Waals surface area contributed by atoms with Crippen molar-refractivity contribution in [3.8, 4) is 22.5 Å². The van der Waals surface area contributed by atoms with Gasteiger partial charge in [-0.2, -0.15) is 5.10 Å². The molecule has 0 fully saturated rings. The van der Waals surface area contributed by atoms with Crippen molar-refractivity contribution in [3.05, 3.63) is 90.0 Å². The van der Waals surface area contributed by atoms with E-state index in [4.69, 9.17) is 0 Å². The van der Waals surface area contributed by atoms with Gasteiger partial charge in [0.05, 0.1) is 22.5 Å². The first-order valence-electron chi connectivity index (χ1n) is 9.26. The largest absolute Gasteiger partial charge is 0.352 e. The number of rotatable bonds is 6. The summed E-state index contributed by atoms with van der Waals surface area (Å²) >= 11 is 0. The number of carbonyl (C=O) groups is 1. The Balaban J connectivity index is 1.56. The maximum atomic E-state index is 14.6. The molecule has 4 aromatic rings. The summed E-state index contributed by atoms with van der Waals surface area (Å²) < 4.78 is 27.8. The lowest BCUT2D eigenvalue weighted by Crippen LogP contribution is -2.27. The number of aromatic nitrogens is 4. The molecule has 6 nitrogen and oxygen atoms in total. The third-order valence-electron chi connectivity index (χ3n) is 4.50. The van der Waals surface area contributed by atoms with E-state index in [0.717, 1.165) is 0 Å². The van der Waals surface area contributed by atoms with Gasteiger partial charge in [0, 0.05) is 25.4 Å². The number of H-pyrrole nitrogens is 1. The molecule has 1 amide bonds. The molecule has 0 bridgehead atoms. The molecular weight excluding hydrogens is 388 g/mol. The van der Waals surface area contributed by atoms with E-state index in [1.165, 1.54) is 24.3 Å². The Morgan fingerprint density at radius 2 is 1.77 bits per heavy atom. The Morgan fingerprint density at radius 1 is 1.00 bits per heavy atom. The van der Waals surface area contributed by atoms with Gasteiger partial charge in [-0.25, -0.2) is 18.7 Å². The molecule has 0 unspecified atom stereocenters. The van der Waals surface area contributed by atoms with Gasteiger partial charge in [-0.15, -0.1) is 0 Å². The molecule has 2 aromatic heterocycles. The zero-order valence-electron chi connectivity index (χ0n) is 15.8. The highest BCUT2D eigenvalue weighted by Gasteiger charge is 2.19. The van der Waals surface area contributed by atoms with Crippen molar-refractivity contribution >= 4 is 5.91 Å². The van der Waals surface area contributed by atoms with Gasteiger partial charge in [-0.1, -0.05) is 6.07 Å². The highest BCUT2D eigenvalue weighted by molar-refractivity contribution is 6.00. The first kappa shape index (κ1) is 19.4. The van der Waals surface area contributed by atoms with E-state index in [1.54, 1.807) is 42.7 Å². The number of hydrogen-bond acceptors (Lipinski definition) is 4. The molecule has 0 spiro atoms. The van der Waals surface area contributed by atoms with E-state index in [-0.39, 0.29) is 22.6 Å². The van der Waals surface area contributed by atoms with Crippen LogP contribution in [0.15, 0.2) is 67.0 Å². The van der Waals surface area contributed by atoms with Gasteiger partial charge in [-0.05, 0) is 54.1 Å². The molecule has 2 aromatic carbocycles. The number of carbonyl (C=O) groups excluding carboxylic acids is 1. The molecular formula is C22H17F2N5O. The van der Waals surface area contributed by atoms with Crippen LogP contribution in [0.5, 0.6) is 0 Å². The first-order valence-corrected chi connectivity index (χ1v) is 9.26. The fourth-order valence-electron chi connectivity index (χ4n) is 3.04. The van der Waals surface area contributed by atoms with E-state index in [2.05, 4.69) is 25.5 Å². The lowest BCUT2D eigenvalue weighted by atomic mass is 10.0. The Morgan fingerprint density at radius 3 is 2.53 bits per heavy atom. The van der Waals surface area contributed by atoms with Crippen LogP contribution in [0.3, 0.4) is 0 Å². The number of nitrogens with one attached hydrogen (secondary N) is 2. The molecule has 8 heteroatoms. The minimum atomic E-state index is -0.564. The average Bonchev–Trinajstić information content (AvgIpc) is 3.24. The van der Waals surface area contributed by atoms with Crippen molar-refractivity contribution in [2.24, 2.45) is 0 Å². The van der Waals surface area contributed by atoms with Crippen LogP contribution in [0.4, 0.5) is 8.78 Å². The second-order valence-corrected chi connectivity index (χ2v) is 6.51. The topological polar surface area (TPSA) is 83.6 Å². The second-order valence-electron chi connectivity index (χ2n) is 6.51. The van der Waals surface area contributed by atoms with E-state index in [9.17, 15) is 13.6 Å². The van der Waals surface area contributed by atoms with Crippen molar-refractivity contribution in [2.45, 2.75) is 6.42 Å². The predicted molar refractivity (Wildman–Crippen MR) is 107 cm³/mol. The van der Waals surface area contributed by atoms with Crippen LogP contribution in [-0.4, -0.2) is 32.6 Å². The first-order chi connectivity index (χ1) is 14.6. The molecule has 0 aliphatic heterocycles. The number of aromatic amines is 1. The van der Waals surface area contributed by atoms with Crippen LogP contribution in [0.25, 0.3) is 22.5 Å². The molecule has 0 saturated carbocycles. The second kappa shape index (κ2) is 8.60. The summed E-state index contributed by atoms with van der Waals surface area (Å²) in [4.78, 5) is 20.9. The molecule has 0 radical (unpaired) electrons. The summed E-state index contributed by atoms with van der Waals surface area (Å²) in [6.07, 6.45) is 3.71. The van der Waals surface area contributed by atoms with Gasteiger partial charge in [0.1, 0.15) is 17.5 Å². The van der Waals surface area contributed by atoms with Gasteiger partial charge < -0.3 is 5.32 Å². The molecule has 2 N–H and O–H groups in total. The van der Waals surface area contributed by atoms with Crippen LogP contribution in [0.2, 0.25) is 0 Å². The van der Waals surface area contributed by atoms with Crippen LogP contribution in [0.1, 0.15) is 16.2 Å². The van der Waals surface area contributed by atoms with E-state index in [0.29, 0.717) is 30.0 Å². The van der Waals surface area contributed by atoms with Crippen molar-refractivity contribution in [3.63, 3.8) is 0 Å². The fourth-order valence-corrected chi connectivity index (χ4v) is 3.04. The quantitative estimate of drug-likeness (QED) is 0.511. The van der Waals surface area contributed by atoms with Crippen LogP contribution in [0, 0.1) is 11.6 Å². The lowest BCUT2D eigenvalue weighted by molar-refractivity contribution is 0.0954. The van der Waals surface area contributed by atoms with Crippen molar-refractivity contribution in [1.29, 1.82) is 0 Å². The lowest BCUT2D eigenvalue weighted by Gasteiger charge is -2.09. The molecule has 0 saturated heterocycles. The SMILES string of the molecule is O=C(NCCc1ncccn1)c1cccc(F)c1-c1cc(-c2ccc(F)cc2)[nH]n1. The summed E-state index contributed by atoms with van der Waals surface area (Å²) in [5, 5.41) is 9.73. The highest BCUT2D eigenvalue weighted by atomic mass is 19.1. The summed E-state index contributed by atoms with van der Waals surface area (Å²) in [5.74, 6) is -0.737. The van der Waals surface area contributed by atoms with Crippen molar-refractivity contribution in [1.82, 2.24) is 25.5 Å². The minimum absolute atomic E-state index is 0.0931. The van der Waals surface area contributed by atoms with Gasteiger partial charge in [0.15, 0.2) is 0 Å². The Bertz CT molecular complexity index is 1160. The summed E-state index contributed by atoms with van der Waals surface area (Å²) in [7, 11) is 0. The highest BCUT2D eigenvalue weighted by Crippen LogP contribution is 2.29. The molecule has 150 valence electrons. The van der Waals surface area contributed by atoms with Gasteiger partial charge >= 0.3 is 0 Å². The summed E-state index contributed by atoms with van der Waals surface area (Å²) in [6, 6.07) is 13.5. The summed E-state index contributed by atoms with van der Waals surface area (Å²) in [5.41, 5.74) is 1.82. The Kier molecular flexibility index (Phi) is 5.56. The van der Waals surface area contributed by atoms with Crippen LogP contribution < -0.4 is 5.32 Å². The van der Waals surface area contributed by atoms with Crippen LogP contribution in [-0.2, 0) is 6.42 Å². The number of benzene rings is 2. The van der Waals surface area contributed by atoms with Crippen molar-refractivity contribution < 1.29 is 13.6 Å². The van der Waals surface area contributed by atoms with Crippen molar-refractivity contribution in [2.75, 3.05) is 6.54 Å². The fraction of sp³-hybridized carbons (Fsp3) is 0.0909. The summed E-state index contributed by atoms with van der Waals surface area (Å²) in [6.45, 7) is 0.306. The Labute approximate surface area is 171 Å². The van der Waals surface area contributed by atoms with E-state index >= 15 is 0 Å². The molecule has 0 aliphatic carbocycles. The minimum Gasteiger partial charge on any atom is -0.352 e. The maximum absolute atomic E-state index is 14.6. The van der Waals surface area contributed by atoms with E-state index < -0.39 is 11.7 Å². The third kappa shape index (κ3) is 4.22. The molecule has 0 aliphatic rings. The molecule has 2 heterocycles. The Hall–Kier alpha value is -3.94. The van der Waals surface area contributed by atoms with Gasteiger partial charge in [0.2, 0.25) is 0 Å². The van der Waals surface area contributed by atoms with Crippen LogP contribution >= 0.6 is 0 Å². The molecule has 4 rings (SSSR count). The monoisotopic (exact) mass is 405 g/mol. The number of amides is 1. The number of hydrogen-bond donors (Lipinski definition) is 2. The molecule has 0 atom stereocenters. The van der Waals surface area contributed by atoms with Gasteiger partial charge in [-0.3, -0.25) is 9.89 Å². The standard InChI is InChI=1S/C22H17F2N5O/c23-15-7-5-14(6-8-15)18-13-19(29-28-18)21-16(3-1-4-17(21)24)22(30)27-12-9-20-25-10-2-11-26-20/h1-8,10-11,13H,9,12H2,(H,27,30)(H,28,29). The molecule has 30 heavy (non-hydrogen) atoms. The van der Waals surface area contributed by atoms with E-state index in [1.807, 2.05) is 0 Å². The maximum Gasteiger partial charge on any atom is 0.252 e. The normalized spacial score (nSPS) is 10.7. The average molecular weight is 405 g/mol. The van der Waals surface area contributed by atoms with Gasteiger partial charge in [0.25, 0.3) is 5.91 Å². The third-order valence-corrected chi connectivity index (χ3v) is 4.50. The zero-order valence-corrected chi connectivity index (χ0v) is 15.8. The number of halogens is 2.